The first-order valence-electron chi connectivity index (χ1n) is 5.95. The zero-order valence-electron chi connectivity index (χ0n) is 10.8. The smallest absolute Gasteiger partial charge is 0.182 e. The van der Waals surface area contributed by atoms with Gasteiger partial charge in [0.2, 0.25) is 0 Å². The Bertz CT molecular complexity index is 743. The molecule has 0 radical (unpaired) electrons. The lowest BCUT2D eigenvalue weighted by molar-refractivity contribution is 0.764. The molecule has 0 aliphatic carbocycles. The summed E-state index contributed by atoms with van der Waals surface area (Å²) in [6, 6.07) is 11.6. The van der Waals surface area contributed by atoms with Crippen molar-refractivity contribution in [2.45, 2.75) is 0 Å². The van der Waals surface area contributed by atoms with E-state index in [2.05, 4.69) is 20.3 Å². The molecule has 0 spiro atoms. The van der Waals surface area contributed by atoms with E-state index in [4.69, 9.17) is 5.73 Å². The van der Waals surface area contributed by atoms with Gasteiger partial charge in [0.1, 0.15) is 5.69 Å². The zero-order valence-corrected chi connectivity index (χ0v) is 11.6. The van der Waals surface area contributed by atoms with Crippen molar-refractivity contribution in [2.24, 2.45) is 17.3 Å². The monoisotopic (exact) mass is 284 g/mol. The maximum Gasteiger partial charge on any atom is 0.182 e. The average molecular weight is 284 g/mol. The van der Waals surface area contributed by atoms with Crippen LogP contribution in [0.1, 0.15) is 0 Å². The maximum atomic E-state index is 5.78. The number of aryl methyl sites for hydroxylation is 1. The molecule has 2 heterocycles. The Morgan fingerprint density at radius 2 is 1.95 bits per heavy atom. The quantitative estimate of drug-likeness (QED) is 0.747. The molecular formula is C13H12N6S. The number of nitrogen functional groups attached to an aromatic ring is 1. The largest absolute Gasteiger partial charge is 0.375 e. The molecule has 2 N–H and O–H groups in total. The number of anilines is 1. The van der Waals surface area contributed by atoms with Crippen LogP contribution in [0.5, 0.6) is 0 Å². The van der Waals surface area contributed by atoms with E-state index < -0.39 is 0 Å². The molecular weight excluding hydrogens is 272 g/mol. The molecule has 0 aliphatic heterocycles. The molecule has 0 saturated carbocycles. The van der Waals surface area contributed by atoms with Gasteiger partial charge in [-0.15, -0.1) is 10.2 Å². The second kappa shape index (κ2) is 5.22. The van der Waals surface area contributed by atoms with Crippen molar-refractivity contribution in [3.63, 3.8) is 0 Å². The van der Waals surface area contributed by atoms with Crippen LogP contribution in [0.3, 0.4) is 0 Å². The molecule has 20 heavy (non-hydrogen) atoms. The molecule has 0 atom stereocenters. The topological polar surface area (TPSA) is 81.5 Å². The lowest BCUT2D eigenvalue weighted by atomic mass is 10.2. The van der Waals surface area contributed by atoms with Crippen molar-refractivity contribution < 1.29 is 0 Å². The highest BCUT2D eigenvalue weighted by atomic mass is 32.1. The van der Waals surface area contributed by atoms with E-state index in [0.29, 0.717) is 16.0 Å². The molecule has 3 aromatic rings. The Morgan fingerprint density at radius 3 is 2.65 bits per heavy atom. The van der Waals surface area contributed by atoms with Gasteiger partial charge in [0.05, 0.1) is 6.20 Å². The summed E-state index contributed by atoms with van der Waals surface area (Å²) in [4.78, 5) is 4.32. The van der Waals surface area contributed by atoms with E-state index >= 15 is 0 Å². The maximum absolute atomic E-state index is 5.78. The summed E-state index contributed by atoms with van der Waals surface area (Å²) >= 11 is 1.31. The van der Waals surface area contributed by atoms with Crippen molar-refractivity contribution in [1.29, 1.82) is 0 Å². The van der Waals surface area contributed by atoms with Gasteiger partial charge in [-0.1, -0.05) is 41.7 Å². The van der Waals surface area contributed by atoms with Crippen LogP contribution >= 0.6 is 11.3 Å². The first-order chi connectivity index (χ1) is 9.74. The van der Waals surface area contributed by atoms with Crippen molar-refractivity contribution in [3.8, 4) is 11.3 Å². The normalized spacial score (nSPS) is 11.2. The Hall–Kier alpha value is -2.54. The van der Waals surface area contributed by atoms with Gasteiger partial charge in [-0.05, 0) is 0 Å². The fraction of sp³-hybridized carbons (Fsp3) is 0.0769. The Labute approximate surface area is 119 Å². The third kappa shape index (κ3) is 2.43. The van der Waals surface area contributed by atoms with Crippen LogP contribution in [0, 0.1) is 0 Å². The number of azo groups is 1. The van der Waals surface area contributed by atoms with Crippen LogP contribution in [0.2, 0.25) is 0 Å². The minimum atomic E-state index is 0.475. The number of aromatic nitrogens is 3. The summed E-state index contributed by atoms with van der Waals surface area (Å²) < 4.78 is 1.65. The standard InChI is InChI=1S/C13H12N6S/c1-19-10(7-8-15-19)17-18-12-11(16-13(14)20-12)9-5-3-2-4-6-9/h2-8H,1H3,(H2,14,16)/b18-17+. The van der Waals surface area contributed by atoms with Crippen molar-refractivity contribution in [3.05, 3.63) is 42.6 Å². The molecule has 100 valence electrons. The molecule has 0 unspecified atom stereocenters. The SMILES string of the molecule is Cn1nccc1/N=N/c1sc(N)nc1-c1ccccc1. The lowest BCUT2D eigenvalue weighted by Gasteiger charge is -1.97. The Kier molecular flexibility index (Phi) is 3.26. The second-order valence-electron chi connectivity index (χ2n) is 4.08. The van der Waals surface area contributed by atoms with Gasteiger partial charge >= 0.3 is 0 Å². The third-order valence-electron chi connectivity index (χ3n) is 2.71. The van der Waals surface area contributed by atoms with E-state index in [-0.39, 0.29) is 0 Å². The number of hydrogen-bond donors (Lipinski definition) is 1. The van der Waals surface area contributed by atoms with E-state index in [0.717, 1.165) is 11.3 Å². The third-order valence-corrected chi connectivity index (χ3v) is 3.48. The Balaban J connectivity index is 1.99. The summed E-state index contributed by atoms with van der Waals surface area (Å²) in [6.45, 7) is 0. The zero-order chi connectivity index (χ0) is 13.9. The molecule has 2 aromatic heterocycles. The summed E-state index contributed by atoms with van der Waals surface area (Å²) in [6.07, 6.45) is 1.67. The fourth-order valence-electron chi connectivity index (χ4n) is 1.74. The predicted molar refractivity (Wildman–Crippen MR) is 79.3 cm³/mol. The minimum Gasteiger partial charge on any atom is -0.375 e. The fourth-order valence-corrected chi connectivity index (χ4v) is 2.42. The highest BCUT2D eigenvalue weighted by molar-refractivity contribution is 7.19. The molecule has 0 aliphatic rings. The van der Waals surface area contributed by atoms with Crippen LogP contribution in [0.4, 0.5) is 16.0 Å². The second-order valence-corrected chi connectivity index (χ2v) is 5.09. The van der Waals surface area contributed by atoms with E-state index in [1.54, 1.807) is 16.9 Å². The first kappa shape index (κ1) is 12.5. The number of rotatable bonds is 3. The molecule has 0 amide bonds. The van der Waals surface area contributed by atoms with Crippen molar-refractivity contribution in [2.75, 3.05) is 5.73 Å². The highest BCUT2D eigenvalue weighted by Crippen LogP contribution is 2.37. The van der Waals surface area contributed by atoms with Crippen molar-refractivity contribution >= 4 is 27.3 Å². The number of hydrogen-bond acceptors (Lipinski definition) is 6. The average Bonchev–Trinajstić information content (AvgIpc) is 3.03. The summed E-state index contributed by atoms with van der Waals surface area (Å²) in [5, 5.41) is 13.6. The van der Waals surface area contributed by atoms with Gasteiger partial charge in [-0.25, -0.2) is 9.67 Å². The number of nitrogens with two attached hydrogens (primary N) is 1. The number of benzene rings is 1. The van der Waals surface area contributed by atoms with Gasteiger partial charge in [0.25, 0.3) is 0 Å². The molecule has 0 saturated heterocycles. The lowest BCUT2D eigenvalue weighted by Crippen LogP contribution is -1.86. The van der Waals surface area contributed by atoms with E-state index in [1.807, 2.05) is 37.4 Å². The van der Waals surface area contributed by atoms with E-state index in [1.165, 1.54) is 11.3 Å². The summed E-state index contributed by atoms with van der Waals surface area (Å²) in [5.41, 5.74) is 7.50. The molecule has 0 fully saturated rings. The van der Waals surface area contributed by atoms with Gasteiger partial charge in [0.15, 0.2) is 16.0 Å². The molecule has 1 aromatic carbocycles. The van der Waals surface area contributed by atoms with Crippen LogP contribution in [-0.2, 0) is 7.05 Å². The molecule has 3 rings (SSSR count). The van der Waals surface area contributed by atoms with Crippen molar-refractivity contribution in [1.82, 2.24) is 14.8 Å². The van der Waals surface area contributed by atoms with Crippen LogP contribution < -0.4 is 5.73 Å². The summed E-state index contributed by atoms with van der Waals surface area (Å²) in [5.74, 6) is 0.677. The highest BCUT2D eigenvalue weighted by Gasteiger charge is 2.11. The van der Waals surface area contributed by atoms with Gasteiger partial charge in [0, 0.05) is 18.7 Å². The van der Waals surface area contributed by atoms with Gasteiger partial charge in [-0.2, -0.15) is 5.10 Å². The van der Waals surface area contributed by atoms with Crippen LogP contribution in [0.15, 0.2) is 52.8 Å². The number of nitrogens with zero attached hydrogens (tertiary/aromatic N) is 5. The van der Waals surface area contributed by atoms with Gasteiger partial charge < -0.3 is 5.73 Å². The minimum absolute atomic E-state index is 0.475. The van der Waals surface area contributed by atoms with E-state index in [9.17, 15) is 0 Å². The number of thiazole rings is 1. The van der Waals surface area contributed by atoms with Crippen LogP contribution in [0.25, 0.3) is 11.3 Å². The van der Waals surface area contributed by atoms with Crippen LogP contribution in [-0.4, -0.2) is 14.8 Å². The molecule has 0 bridgehead atoms. The Morgan fingerprint density at radius 1 is 1.15 bits per heavy atom. The molecule has 6 nitrogen and oxygen atoms in total. The predicted octanol–water partition coefficient (Wildman–Crippen LogP) is 3.54. The first-order valence-corrected chi connectivity index (χ1v) is 6.77. The summed E-state index contributed by atoms with van der Waals surface area (Å²) in [7, 11) is 1.81. The van der Waals surface area contributed by atoms with Gasteiger partial charge in [-0.3, -0.25) is 0 Å². The molecule has 7 heteroatoms.